The molecule has 1 aliphatic rings. The van der Waals surface area contributed by atoms with Crippen LogP contribution in [0.4, 0.5) is 17.3 Å². The fourth-order valence-corrected chi connectivity index (χ4v) is 4.22. The summed E-state index contributed by atoms with van der Waals surface area (Å²) in [5, 5.41) is 15.3. The van der Waals surface area contributed by atoms with Gasteiger partial charge in [0.1, 0.15) is 17.4 Å². The SMILES string of the molecule is CCC[C@@H]1CCNCC1Nc1nc2ccnn2c(Nc2ccc(OCC)cc2)c1C. The summed E-state index contributed by atoms with van der Waals surface area (Å²) in [6, 6.07) is 10.3. The molecule has 4 rings (SSSR count). The monoisotopic (exact) mass is 408 g/mol. The van der Waals surface area contributed by atoms with Crippen LogP contribution in [0.1, 0.15) is 38.7 Å². The molecule has 7 heteroatoms. The third-order valence-electron chi connectivity index (χ3n) is 5.81. The molecular weight excluding hydrogens is 376 g/mol. The van der Waals surface area contributed by atoms with Gasteiger partial charge in [0, 0.05) is 29.9 Å². The lowest BCUT2D eigenvalue weighted by atomic mass is 9.88. The Morgan fingerprint density at radius 1 is 1.20 bits per heavy atom. The van der Waals surface area contributed by atoms with E-state index in [4.69, 9.17) is 9.72 Å². The first-order valence-electron chi connectivity index (χ1n) is 11.0. The summed E-state index contributed by atoms with van der Waals surface area (Å²) >= 11 is 0. The molecule has 2 aromatic heterocycles. The molecule has 3 heterocycles. The fraction of sp³-hybridized carbons (Fsp3) is 0.478. The van der Waals surface area contributed by atoms with Crippen molar-refractivity contribution in [3.63, 3.8) is 0 Å². The number of fused-ring (bicyclic) bond motifs is 1. The number of hydrogen-bond donors (Lipinski definition) is 3. The highest BCUT2D eigenvalue weighted by atomic mass is 16.5. The number of rotatable bonds is 8. The van der Waals surface area contributed by atoms with Gasteiger partial charge in [-0.05, 0) is 63.4 Å². The maximum atomic E-state index is 5.55. The van der Waals surface area contributed by atoms with Crippen LogP contribution in [0, 0.1) is 12.8 Å². The minimum atomic E-state index is 0.383. The highest BCUT2D eigenvalue weighted by molar-refractivity contribution is 5.69. The van der Waals surface area contributed by atoms with Crippen molar-refractivity contribution in [2.45, 2.75) is 46.1 Å². The van der Waals surface area contributed by atoms with E-state index in [0.29, 0.717) is 18.6 Å². The molecule has 0 radical (unpaired) electrons. The Balaban J connectivity index is 1.63. The second-order valence-electron chi connectivity index (χ2n) is 7.91. The summed E-state index contributed by atoms with van der Waals surface area (Å²) in [6.07, 6.45) is 5.44. The van der Waals surface area contributed by atoms with Crippen molar-refractivity contribution in [1.29, 1.82) is 0 Å². The van der Waals surface area contributed by atoms with Crippen LogP contribution in [-0.4, -0.2) is 40.3 Å². The van der Waals surface area contributed by atoms with E-state index in [1.165, 1.54) is 19.3 Å². The number of ether oxygens (including phenoxy) is 1. The number of anilines is 3. The fourth-order valence-electron chi connectivity index (χ4n) is 4.22. The van der Waals surface area contributed by atoms with Crippen LogP contribution in [0.5, 0.6) is 5.75 Å². The van der Waals surface area contributed by atoms with E-state index in [1.54, 1.807) is 6.20 Å². The van der Waals surface area contributed by atoms with Crippen molar-refractivity contribution < 1.29 is 4.74 Å². The smallest absolute Gasteiger partial charge is 0.159 e. The minimum Gasteiger partial charge on any atom is -0.494 e. The molecule has 7 nitrogen and oxygen atoms in total. The normalized spacial score (nSPS) is 19.0. The molecule has 0 saturated carbocycles. The molecule has 1 fully saturated rings. The lowest BCUT2D eigenvalue weighted by Crippen LogP contribution is -2.45. The lowest BCUT2D eigenvalue weighted by Gasteiger charge is -2.33. The van der Waals surface area contributed by atoms with Crippen LogP contribution in [0.3, 0.4) is 0 Å². The summed E-state index contributed by atoms with van der Waals surface area (Å²) in [4.78, 5) is 4.87. The van der Waals surface area contributed by atoms with E-state index in [-0.39, 0.29) is 0 Å². The zero-order chi connectivity index (χ0) is 20.9. The Hall–Kier alpha value is -2.80. The molecule has 160 valence electrons. The van der Waals surface area contributed by atoms with E-state index in [1.807, 2.05) is 41.8 Å². The standard InChI is InChI=1S/C23H32N6O/c1-4-6-17-11-13-24-15-20(17)27-22-16(3)23(29-21(28-22)12-14-25-29)26-18-7-9-19(10-8-18)30-5-2/h7-10,12,14,17,20,24,26H,4-6,11,13,15H2,1-3H3,(H,27,28)/t17-,20?/m1/s1. The van der Waals surface area contributed by atoms with Crippen molar-refractivity contribution in [1.82, 2.24) is 19.9 Å². The zero-order valence-electron chi connectivity index (χ0n) is 18.1. The van der Waals surface area contributed by atoms with Gasteiger partial charge < -0.3 is 20.7 Å². The number of piperidine rings is 1. The zero-order valence-corrected chi connectivity index (χ0v) is 18.1. The average molecular weight is 409 g/mol. The first-order valence-corrected chi connectivity index (χ1v) is 11.0. The predicted molar refractivity (Wildman–Crippen MR) is 122 cm³/mol. The maximum Gasteiger partial charge on any atom is 0.159 e. The Morgan fingerprint density at radius 2 is 2.03 bits per heavy atom. The molecule has 3 N–H and O–H groups in total. The van der Waals surface area contributed by atoms with E-state index >= 15 is 0 Å². The molecule has 0 bridgehead atoms. The van der Waals surface area contributed by atoms with E-state index in [9.17, 15) is 0 Å². The Morgan fingerprint density at radius 3 is 2.80 bits per heavy atom. The summed E-state index contributed by atoms with van der Waals surface area (Å²) < 4.78 is 7.42. The minimum absolute atomic E-state index is 0.383. The third-order valence-corrected chi connectivity index (χ3v) is 5.81. The van der Waals surface area contributed by atoms with Gasteiger partial charge in [-0.3, -0.25) is 0 Å². The van der Waals surface area contributed by atoms with Crippen molar-refractivity contribution in [2.24, 2.45) is 5.92 Å². The first kappa shape index (κ1) is 20.5. The summed E-state index contributed by atoms with van der Waals surface area (Å²) in [5.74, 6) is 3.38. The van der Waals surface area contributed by atoms with Gasteiger partial charge in [-0.1, -0.05) is 13.3 Å². The quantitative estimate of drug-likeness (QED) is 0.514. The third kappa shape index (κ3) is 4.36. The topological polar surface area (TPSA) is 75.5 Å². The van der Waals surface area contributed by atoms with Gasteiger partial charge in [0.2, 0.25) is 0 Å². The van der Waals surface area contributed by atoms with Crippen molar-refractivity contribution in [2.75, 3.05) is 30.3 Å². The van der Waals surface area contributed by atoms with Crippen LogP contribution >= 0.6 is 0 Å². The predicted octanol–water partition coefficient (Wildman–Crippen LogP) is 4.37. The van der Waals surface area contributed by atoms with E-state index < -0.39 is 0 Å². The second-order valence-corrected chi connectivity index (χ2v) is 7.91. The highest BCUT2D eigenvalue weighted by Crippen LogP contribution is 2.29. The van der Waals surface area contributed by atoms with Gasteiger partial charge in [-0.25, -0.2) is 4.98 Å². The van der Waals surface area contributed by atoms with Crippen LogP contribution in [0.2, 0.25) is 0 Å². The van der Waals surface area contributed by atoms with Crippen molar-refractivity contribution in [3.8, 4) is 5.75 Å². The summed E-state index contributed by atoms with van der Waals surface area (Å²) in [5.41, 5.74) is 2.87. The van der Waals surface area contributed by atoms with Gasteiger partial charge in [0.05, 0.1) is 12.8 Å². The molecule has 2 atom stereocenters. The molecule has 3 aromatic rings. The lowest BCUT2D eigenvalue weighted by molar-refractivity contribution is 0.320. The van der Waals surface area contributed by atoms with E-state index in [0.717, 1.165) is 47.4 Å². The van der Waals surface area contributed by atoms with Gasteiger partial charge in [0.15, 0.2) is 5.65 Å². The van der Waals surface area contributed by atoms with E-state index in [2.05, 4.69) is 34.9 Å². The van der Waals surface area contributed by atoms with Gasteiger partial charge in [-0.15, -0.1) is 0 Å². The van der Waals surface area contributed by atoms with Crippen molar-refractivity contribution in [3.05, 3.63) is 42.1 Å². The maximum absolute atomic E-state index is 5.55. The van der Waals surface area contributed by atoms with Crippen molar-refractivity contribution >= 4 is 23.0 Å². The molecule has 1 unspecified atom stereocenters. The number of aromatic nitrogens is 3. The largest absolute Gasteiger partial charge is 0.494 e. The summed E-state index contributed by atoms with van der Waals surface area (Å²) in [6.45, 7) is 9.08. The average Bonchev–Trinajstić information content (AvgIpc) is 3.22. The molecule has 0 aliphatic carbocycles. The summed E-state index contributed by atoms with van der Waals surface area (Å²) in [7, 11) is 0. The Labute approximate surface area is 178 Å². The molecule has 0 amide bonds. The molecule has 30 heavy (non-hydrogen) atoms. The molecular formula is C23H32N6O. The Bertz CT molecular complexity index is 966. The van der Waals surface area contributed by atoms with Crippen LogP contribution < -0.4 is 20.7 Å². The Kier molecular flexibility index (Phi) is 6.38. The number of nitrogens with one attached hydrogen (secondary N) is 3. The number of nitrogens with zero attached hydrogens (tertiary/aromatic N) is 3. The van der Waals surface area contributed by atoms with Gasteiger partial charge >= 0.3 is 0 Å². The molecule has 0 spiro atoms. The second kappa shape index (κ2) is 9.34. The first-order chi connectivity index (χ1) is 14.7. The van der Waals surface area contributed by atoms with Gasteiger partial charge in [0.25, 0.3) is 0 Å². The number of benzene rings is 1. The van der Waals surface area contributed by atoms with Crippen LogP contribution in [-0.2, 0) is 0 Å². The van der Waals surface area contributed by atoms with Crippen LogP contribution in [0.15, 0.2) is 36.5 Å². The molecule has 1 aliphatic heterocycles. The molecule has 1 aromatic carbocycles. The van der Waals surface area contributed by atoms with Crippen LogP contribution in [0.25, 0.3) is 5.65 Å². The number of hydrogen-bond acceptors (Lipinski definition) is 6. The highest BCUT2D eigenvalue weighted by Gasteiger charge is 2.25. The van der Waals surface area contributed by atoms with Gasteiger partial charge in [-0.2, -0.15) is 9.61 Å². The molecule has 1 saturated heterocycles.